The Balaban J connectivity index is 0.00000196. The number of carbonyl (C=O) groups is 1. The Hall–Kier alpha value is -1.44. The van der Waals surface area contributed by atoms with Crippen LogP contribution in [0.15, 0.2) is 18.2 Å². The number of carbonyl (C=O) groups excluding carboxylic acids is 1. The first-order valence-electron chi connectivity index (χ1n) is 3.73. The first-order chi connectivity index (χ1) is 6.50. The molecule has 1 amide bonds. The van der Waals surface area contributed by atoms with Gasteiger partial charge in [0, 0.05) is 11.8 Å². The molecule has 0 fully saturated rings. The Morgan fingerprint density at radius 3 is 2.40 bits per heavy atom. The van der Waals surface area contributed by atoms with Gasteiger partial charge in [-0.15, -0.1) is 12.4 Å². The van der Waals surface area contributed by atoms with Gasteiger partial charge in [-0.3, -0.25) is 4.79 Å². The minimum atomic E-state index is -1.92. The molecule has 0 spiro atoms. The van der Waals surface area contributed by atoms with Crippen LogP contribution in [0.1, 0.15) is 10.4 Å². The number of hydrogen-bond acceptors (Lipinski definition) is 5. The van der Waals surface area contributed by atoms with E-state index in [0.29, 0.717) is 0 Å². The number of nitrogens with two attached hydrogens (primary N) is 2. The van der Waals surface area contributed by atoms with Crippen LogP contribution in [0.3, 0.4) is 0 Å². The Kier molecular flexibility index (Phi) is 4.93. The fourth-order valence-electron chi connectivity index (χ4n) is 0.960. The van der Waals surface area contributed by atoms with Gasteiger partial charge in [-0.05, 0) is 12.1 Å². The van der Waals surface area contributed by atoms with E-state index in [2.05, 4.69) is 4.65 Å². The lowest BCUT2D eigenvalue weighted by atomic mass is 10.1. The fraction of sp³-hybridized carbons (Fsp3) is 0. The molecule has 0 heterocycles. The van der Waals surface area contributed by atoms with Crippen molar-refractivity contribution in [2.24, 2.45) is 5.73 Å². The van der Waals surface area contributed by atoms with Crippen LogP contribution in [-0.2, 0) is 0 Å². The van der Waals surface area contributed by atoms with Crippen LogP contribution < -0.4 is 16.1 Å². The Morgan fingerprint density at radius 1 is 1.40 bits per heavy atom. The molecule has 0 aliphatic heterocycles. The van der Waals surface area contributed by atoms with Crippen molar-refractivity contribution in [1.29, 1.82) is 0 Å². The Labute approximate surface area is 92.4 Å². The molecule has 0 saturated heterocycles. The number of amides is 1. The van der Waals surface area contributed by atoms with E-state index in [4.69, 9.17) is 21.5 Å². The zero-order chi connectivity index (χ0) is 10.7. The Morgan fingerprint density at radius 2 is 2.00 bits per heavy atom. The summed E-state index contributed by atoms with van der Waals surface area (Å²) in [7, 11) is -1.92. The highest BCUT2D eigenvalue weighted by Crippen LogP contribution is 2.19. The average Bonchev–Trinajstić information content (AvgIpc) is 2.01. The second kappa shape index (κ2) is 5.45. The van der Waals surface area contributed by atoms with Crippen molar-refractivity contribution in [3.63, 3.8) is 0 Å². The fourth-order valence-corrected chi connectivity index (χ4v) is 0.960. The summed E-state index contributed by atoms with van der Waals surface area (Å²) in [6, 6.07) is 3.98. The molecule has 0 aromatic heterocycles. The summed E-state index contributed by atoms with van der Waals surface area (Å²) in [5.41, 5.74) is 10.7. The van der Waals surface area contributed by atoms with E-state index < -0.39 is 13.2 Å². The number of primary amides is 1. The number of halogens is 1. The molecule has 1 aromatic carbocycles. The van der Waals surface area contributed by atoms with E-state index >= 15 is 0 Å². The predicted octanol–water partition coefficient (Wildman–Crippen LogP) is -0.862. The van der Waals surface area contributed by atoms with Gasteiger partial charge < -0.3 is 26.2 Å². The number of hydrogen-bond donors (Lipinski definition) is 4. The van der Waals surface area contributed by atoms with E-state index in [1.807, 2.05) is 0 Å². The SMILES string of the molecule is Cl.NC(=O)c1ccc(OB(O)O)cc1N. The van der Waals surface area contributed by atoms with Gasteiger partial charge in [0.15, 0.2) is 0 Å². The predicted molar refractivity (Wildman–Crippen MR) is 57.4 cm³/mol. The average molecular weight is 232 g/mol. The van der Waals surface area contributed by atoms with Crippen molar-refractivity contribution >= 4 is 31.3 Å². The van der Waals surface area contributed by atoms with E-state index in [1.54, 1.807) is 0 Å². The molecule has 0 aliphatic carbocycles. The summed E-state index contributed by atoms with van der Waals surface area (Å²) in [6.45, 7) is 0. The normalized spacial score (nSPS) is 8.93. The molecule has 0 unspecified atom stereocenters. The first kappa shape index (κ1) is 13.6. The maximum absolute atomic E-state index is 10.8. The van der Waals surface area contributed by atoms with Crippen LogP contribution in [0.25, 0.3) is 0 Å². The van der Waals surface area contributed by atoms with Crippen LogP contribution in [0.2, 0.25) is 0 Å². The molecule has 15 heavy (non-hydrogen) atoms. The van der Waals surface area contributed by atoms with Gasteiger partial charge in [-0.1, -0.05) is 0 Å². The molecule has 1 rings (SSSR count). The second-order valence-electron chi connectivity index (χ2n) is 2.56. The summed E-state index contributed by atoms with van der Waals surface area (Å²) in [5.74, 6) is -0.513. The highest BCUT2D eigenvalue weighted by atomic mass is 35.5. The van der Waals surface area contributed by atoms with Crippen LogP contribution in [0, 0.1) is 0 Å². The van der Waals surface area contributed by atoms with Gasteiger partial charge in [-0.2, -0.15) is 0 Å². The zero-order valence-electron chi connectivity index (χ0n) is 7.58. The lowest BCUT2D eigenvalue weighted by molar-refractivity contribution is 0.100. The lowest BCUT2D eigenvalue weighted by Gasteiger charge is -2.07. The van der Waals surface area contributed by atoms with Gasteiger partial charge in [0.2, 0.25) is 0 Å². The van der Waals surface area contributed by atoms with Crippen molar-refractivity contribution in [3.05, 3.63) is 23.8 Å². The second-order valence-corrected chi connectivity index (χ2v) is 2.56. The highest BCUT2D eigenvalue weighted by molar-refractivity contribution is 6.33. The third-order valence-electron chi connectivity index (χ3n) is 1.53. The maximum Gasteiger partial charge on any atom is 0.707 e. The van der Waals surface area contributed by atoms with Crippen molar-refractivity contribution in [3.8, 4) is 5.75 Å². The van der Waals surface area contributed by atoms with Crippen molar-refractivity contribution in [2.45, 2.75) is 0 Å². The van der Waals surface area contributed by atoms with Gasteiger partial charge in [0.05, 0.1) is 5.56 Å². The van der Waals surface area contributed by atoms with Crippen molar-refractivity contribution in [1.82, 2.24) is 0 Å². The molecular formula is C7H10BClN2O4. The monoisotopic (exact) mass is 232 g/mol. The third kappa shape index (κ3) is 3.66. The number of rotatable bonds is 3. The minimum Gasteiger partial charge on any atom is -0.512 e. The number of benzene rings is 1. The van der Waals surface area contributed by atoms with Crippen LogP contribution in [0.5, 0.6) is 5.75 Å². The van der Waals surface area contributed by atoms with E-state index in [0.717, 1.165) is 0 Å². The van der Waals surface area contributed by atoms with Gasteiger partial charge >= 0.3 is 7.32 Å². The molecular weight excluding hydrogens is 222 g/mol. The third-order valence-corrected chi connectivity index (χ3v) is 1.53. The molecule has 0 atom stereocenters. The molecule has 1 aromatic rings. The van der Waals surface area contributed by atoms with Crippen molar-refractivity contribution < 1.29 is 19.5 Å². The smallest absolute Gasteiger partial charge is 0.512 e. The topological polar surface area (TPSA) is 119 Å². The molecule has 82 valence electrons. The molecule has 6 N–H and O–H groups in total. The highest BCUT2D eigenvalue weighted by Gasteiger charge is 2.13. The minimum absolute atomic E-state index is 0. The summed E-state index contributed by atoms with van der Waals surface area (Å²) in [5, 5.41) is 17.0. The molecule has 0 radical (unpaired) electrons. The molecule has 0 aliphatic rings. The van der Waals surface area contributed by atoms with Gasteiger partial charge in [0.1, 0.15) is 5.75 Å². The molecule has 6 nitrogen and oxygen atoms in total. The van der Waals surface area contributed by atoms with Crippen LogP contribution in [0.4, 0.5) is 5.69 Å². The molecule has 0 saturated carbocycles. The molecule has 0 bridgehead atoms. The summed E-state index contributed by atoms with van der Waals surface area (Å²) >= 11 is 0. The lowest BCUT2D eigenvalue weighted by Crippen LogP contribution is -2.21. The van der Waals surface area contributed by atoms with Gasteiger partial charge in [-0.25, -0.2) is 0 Å². The summed E-state index contributed by atoms with van der Waals surface area (Å²) < 4.78 is 4.51. The largest absolute Gasteiger partial charge is 0.707 e. The van der Waals surface area contributed by atoms with Gasteiger partial charge in [0.25, 0.3) is 5.91 Å². The summed E-state index contributed by atoms with van der Waals surface area (Å²) in [6.07, 6.45) is 0. The van der Waals surface area contributed by atoms with Crippen LogP contribution >= 0.6 is 12.4 Å². The zero-order valence-corrected chi connectivity index (χ0v) is 8.40. The van der Waals surface area contributed by atoms with E-state index in [-0.39, 0.29) is 29.4 Å². The van der Waals surface area contributed by atoms with E-state index in [1.165, 1.54) is 18.2 Å². The number of nitrogen functional groups attached to an aromatic ring is 1. The molecule has 8 heteroatoms. The van der Waals surface area contributed by atoms with E-state index in [9.17, 15) is 4.79 Å². The van der Waals surface area contributed by atoms with Crippen molar-refractivity contribution in [2.75, 3.05) is 5.73 Å². The Bertz CT molecular complexity index is 361. The van der Waals surface area contributed by atoms with Crippen LogP contribution in [-0.4, -0.2) is 23.3 Å². The maximum atomic E-state index is 10.8. The number of anilines is 1. The quantitative estimate of drug-likeness (QED) is 0.399. The first-order valence-corrected chi connectivity index (χ1v) is 3.73. The summed E-state index contributed by atoms with van der Waals surface area (Å²) in [4.78, 5) is 10.8. The standard InChI is InChI=1S/C7H9BN2O4.ClH/c9-6-3-4(14-8(12)13)1-2-5(6)7(10)11;/h1-3,12-13H,9H2,(H2,10,11);1H.